The Morgan fingerprint density at radius 2 is 1.78 bits per heavy atom. The fourth-order valence-electron chi connectivity index (χ4n) is 5.91. The summed E-state index contributed by atoms with van der Waals surface area (Å²) >= 11 is 9.69. The number of hydrogen-bond donors (Lipinski definition) is 3. The van der Waals surface area contributed by atoms with Crippen LogP contribution in [0.1, 0.15) is 57.3 Å². The minimum Gasteiger partial charge on any atom is -0.384 e. The van der Waals surface area contributed by atoms with Crippen LogP contribution in [0, 0.1) is 0 Å². The van der Waals surface area contributed by atoms with E-state index in [1.54, 1.807) is 59.6 Å². The number of nitrogens with two attached hydrogens (primary N) is 1. The summed E-state index contributed by atoms with van der Waals surface area (Å²) in [5.74, 6) is 0.768. The number of halogens is 2. The van der Waals surface area contributed by atoms with Gasteiger partial charge in [-0.15, -0.1) is 0 Å². The molecule has 4 N–H and O–H groups in total. The molecule has 1 unspecified atom stereocenters. The van der Waals surface area contributed by atoms with E-state index in [1.165, 1.54) is 4.57 Å². The van der Waals surface area contributed by atoms with Gasteiger partial charge in [-0.1, -0.05) is 35.9 Å². The quantitative estimate of drug-likeness (QED) is 0.182. The van der Waals surface area contributed by atoms with Gasteiger partial charge in [0, 0.05) is 51.6 Å². The predicted molar refractivity (Wildman–Crippen MR) is 192 cm³/mol. The normalized spacial score (nSPS) is 15.4. The highest BCUT2D eigenvalue weighted by molar-refractivity contribution is 9.10. The summed E-state index contributed by atoms with van der Waals surface area (Å²) in [7, 11) is 0. The van der Waals surface area contributed by atoms with E-state index in [2.05, 4.69) is 36.5 Å². The summed E-state index contributed by atoms with van der Waals surface area (Å²) in [6, 6.07) is 21.2. The van der Waals surface area contributed by atoms with Crippen LogP contribution in [-0.2, 0) is 19.5 Å². The van der Waals surface area contributed by atoms with Crippen molar-refractivity contribution in [3.63, 3.8) is 0 Å². The number of fused-ring (bicyclic) bond motifs is 1. The van der Waals surface area contributed by atoms with Gasteiger partial charge >= 0.3 is 0 Å². The number of nitrogen functional groups attached to an aromatic ring is 1. The lowest BCUT2D eigenvalue weighted by Gasteiger charge is -2.34. The lowest BCUT2D eigenvalue weighted by molar-refractivity contribution is 0.0653. The fourth-order valence-corrected chi connectivity index (χ4v) is 6.34. The van der Waals surface area contributed by atoms with E-state index in [-0.39, 0.29) is 48.5 Å². The molecule has 0 spiro atoms. The maximum absolute atomic E-state index is 14.4. The van der Waals surface area contributed by atoms with Crippen LogP contribution < -0.4 is 21.9 Å². The highest BCUT2D eigenvalue weighted by Crippen LogP contribution is 2.29. The molecule has 2 aromatic heterocycles. The Morgan fingerprint density at radius 1 is 1.02 bits per heavy atom. The maximum Gasteiger partial charge on any atom is 0.263 e. The Bertz CT molecular complexity index is 2150. The molecular weight excluding hydrogens is 708 g/mol. The van der Waals surface area contributed by atoms with Gasteiger partial charge in [-0.2, -0.15) is 0 Å². The molecule has 0 bridgehead atoms. The molecule has 3 heterocycles. The standard InChI is InChI=1S/C36H32BrClN8O3/c1-20-16-27-30(19-45(20)34(48)22-8-13-28(37)29(38)17-22)43-36(41-18-23-4-2-3-5-26(23)32-40-15-14-31(39)44-32)46(35(27)49)25-11-6-21(7-12-25)33(47)42-24-9-10-24/h2-8,11-15,17,20,24H,9-10,16,18-19H2,1H3,(H,41,43)(H,42,47)(H2,39,40,44). The van der Waals surface area contributed by atoms with Crippen molar-refractivity contribution in [2.24, 2.45) is 0 Å². The molecule has 3 aromatic carbocycles. The first-order valence-corrected chi connectivity index (χ1v) is 17.1. The monoisotopic (exact) mass is 738 g/mol. The number of nitrogens with one attached hydrogen (secondary N) is 2. The molecule has 13 heteroatoms. The second-order valence-electron chi connectivity index (χ2n) is 12.2. The van der Waals surface area contributed by atoms with Crippen LogP contribution in [0.5, 0.6) is 0 Å². The predicted octanol–water partition coefficient (Wildman–Crippen LogP) is 5.78. The lowest BCUT2D eigenvalue weighted by Crippen LogP contribution is -2.46. The molecule has 0 radical (unpaired) electrons. The molecule has 2 amide bonds. The molecule has 1 fully saturated rings. The molecule has 0 saturated heterocycles. The van der Waals surface area contributed by atoms with Gasteiger partial charge in [-0.25, -0.2) is 19.5 Å². The largest absolute Gasteiger partial charge is 0.384 e. The van der Waals surface area contributed by atoms with Crippen molar-refractivity contribution < 1.29 is 9.59 Å². The summed E-state index contributed by atoms with van der Waals surface area (Å²) in [4.78, 5) is 56.2. The van der Waals surface area contributed by atoms with Crippen molar-refractivity contribution in [3.8, 4) is 17.1 Å². The van der Waals surface area contributed by atoms with Crippen LogP contribution in [0.2, 0.25) is 5.02 Å². The Labute approximate surface area is 295 Å². The highest BCUT2D eigenvalue weighted by Gasteiger charge is 2.32. The Hall–Kier alpha value is -5.07. The number of anilines is 2. The number of benzene rings is 3. The van der Waals surface area contributed by atoms with E-state index >= 15 is 0 Å². The van der Waals surface area contributed by atoms with Crippen LogP contribution in [-0.4, -0.2) is 48.3 Å². The second kappa shape index (κ2) is 13.4. The first kappa shape index (κ1) is 32.5. The average Bonchev–Trinajstić information content (AvgIpc) is 3.92. The van der Waals surface area contributed by atoms with Gasteiger partial charge in [0.05, 0.1) is 22.9 Å². The number of carbonyl (C=O) groups is 2. The number of nitrogens with zero attached hydrogens (tertiary/aromatic N) is 5. The molecule has 11 nitrogen and oxygen atoms in total. The van der Waals surface area contributed by atoms with Crippen molar-refractivity contribution in [1.82, 2.24) is 29.7 Å². The van der Waals surface area contributed by atoms with Crippen LogP contribution in [0.3, 0.4) is 0 Å². The third kappa shape index (κ3) is 6.79. The van der Waals surface area contributed by atoms with Gasteiger partial charge in [0.2, 0.25) is 5.95 Å². The van der Waals surface area contributed by atoms with Crippen LogP contribution in [0.25, 0.3) is 17.1 Å². The molecule has 1 saturated carbocycles. The SMILES string of the molecule is CC1Cc2c(nc(NCc3ccccc3-c3nccc(N)n3)n(-c3ccc(C(=O)NC4CC4)cc3)c2=O)CN1C(=O)c1ccc(Br)c(Cl)c1. The van der Waals surface area contributed by atoms with Gasteiger partial charge in [-0.05, 0) is 96.2 Å². The summed E-state index contributed by atoms with van der Waals surface area (Å²) in [5.41, 5.74) is 9.87. The topological polar surface area (TPSA) is 148 Å². The highest BCUT2D eigenvalue weighted by atomic mass is 79.9. The summed E-state index contributed by atoms with van der Waals surface area (Å²) < 4.78 is 2.22. The molecule has 1 atom stereocenters. The van der Waals surface area contributed by atoms with Gasteiger partial charge < -0.3 is 21.3 Å². The minimum atomic E-state index is -0.275. The number of aromatic nitrogens is 4. The van der Waals surface area contributed by atoms with Gasteiger partial charge in [-0.3, -0.25) is 14.4 Å². The zero-order valence-electron chi connectivity index (χ0n) is 26.5. The van der Waals surface area contributed by atoms with E-state index in [4.69, 9.17) is 22.3 Å². The van der Waals surface area contributed by atoms with Crippen LogP contribution in [0.15, 0.2) is 88.3 Å². The first-order chi connectivity index (χ1) is 23.7. The summed E-state index contributed by atoms with van der Waals surface area (Å²) in [6.45, 7) is 2.33. The van der Waals surface area contributed by atoms with Gasteiger partial charge in [0.25, 0.3) is 17.4 Å². The Morgan fingerprint density at radius 3 is 2.51 bits per heavy atom. The molecular formula is C36H32BrClN8O3. The molecule has 7 rings (SSSR count). The van der Waals surface area contributed by atoms with E-state index in [1.807, 2.05) is 31.2 Å². The third-order valence-electron chi connectivity index (χ3n) is 8.71. The van der Waals surface area contributed by atoms with Crippen molar-refractivity contribution in [1.29, 1.82) is 0 Å². The van der Waals surface area contributed by atoms with Gasteiger partial charge in [0.15, 0.2) is 5.82 Å². The first-order valence-electron chi connectivity index (χ1n) is 15.9. The van der Waals surface area contributed by atoms with Crippen molar-refractivity contribution in [2.45, 2.75) is 51.4 Å². The summed E-state index contributed by atoms with van der Waals surface area (Å²) in [6.07, 6.45) is 3.89. The third-order valence-corrected chi connectivity index (χ3v) is 9.95. The van der Waals surface area contributed by atoms with E-state index in [0.717, 1.165) is 24.0 Å². The van der Waals surface area contributed by atoms with E-state index in [0.29, 0.717) is 55.6 Å². The zero-order valence-corrected chi connectivity index (χ0v) is 28.8. The smallest absolute Gasteiger partial charge is 0.263 e. The molecule has 1 aliphatic carbocycles. The van der Waals surface area contributed by atoms with Crippen LogP contribution in [0.4, 0.5) is 11.8 Å². The molecule has 1 aliphatic heterocycles. The summed E-state index contributed by atoms with van der Waals surface area (Å²) in [5, 5.41) is 6.81. The lowest BCUT2D eigenvalue weighted by atomic mass is 9.98. The number of carbonyl (C=O) groups excluding carboxylic acids is 2. The van der Waals surface area contributed by atoms with Crippen molar-refractivity contribution in [3.05, 3.63) is 127 Å². The Balaban J connectivity index is 1.26. The van der Waals surface area contributed by atoms with E-state index in [9.17, 15) is 14.4 Å². The molecule has 2 aliphatic rings. The second-order valence-corrected chi connectivity index (χ2v) is 13.5. The molecule has 49 heavy (non-hydrogen) atoms. The zero-order chi connectivity index (χ0) is 34.2. The maximum atomic E-state index is 14.4. The average molecular weight is 740 g/mol. The van der Waals surface area contributed by atoms with Crippen molar-refractivity contribution in [2.75, 3.05) is 11.1 Å². The molecule has 5 aromatic rings. The number of rotatable bonds is 8. The minimum absolute atomic E-state index is 0.141. The van der Waals surface area contributed by atoms with E-state index < -0.39 is 0 Å². The van der Waals surface area contributed by atoms with Crippen molar-refractivity contribution >= 4 is 51.1 Å². The number of hydrogen-bond acceptors (Lipinski definition) is 8. The number of amides is 2. The fraction of sp³-hybridized carbons (Fsp3) is 0.222. The van der Waals surface area contributed by atoms with Crippen LogP contribution >= 0.6 is 27.5 Å². The van der Waals surface area contributed by atoms with Gasteiger partial charge in [0.1, 0.15) is 5.82 Å². The Kier molecular flexibility index (Phi) is 8.91. The molecule has 248 valence electrons.